The normalized spacial score (nSPS) is 16.5. The topological polar surface area (TPSA) is 41.7 Å². The molecule has 0 unspecified atom stereocenters. The van der Waals surface area contributed by atoms with Crippen LogP contribution in [-0.2, 0) is 9.53 Å². The smallest absolute Gasteiger partial charge is 0.363 e. The molecule has 14 heavy (non-hydrogen) atoms. The van der Waals surface area contributed by atoms with Gasteiger partial charge in [-0.15, -0.1) is 4.70 Å². The van der Waals surface area contributed by atoms with Crippen molar-refractivity contribution in [1.29, 1.82) is 0 Å². The van der Waals surface area contributed by atoms with Gasteiger partial charge in [0.05, 0.1) is 6.61 Å². The molecule has 0 saturated heterocycles. The molecule has 1 aliphatic heterocycles. The van der Waals surface area contributed by atoms with Crippen molar-refractivity contribution in [3.8, 4) is 0 Å². The van der Waals surface area contributed by atoms with E-state index in [2.05, 4.69) is 12.0 Å². The van der Waals surface area contributed by atoms with Crippen molar-refractivity contribution < 1.29 is 14.2 Å². The van der Waals surface area contributed by atoms with E-state index in [9.17, 15) is 4.79 Å². The largest absolute Gasteiger partial charge is 0.461 e. The number of hydrogen-bond donors (Lipinski definition) is 0. The summed E-state index contributed by atoms with van der Waals surface area (Å²) in [6, 6.07) is 1.07. The van der Waals surface area contributed by atoms with Gasteiger partial charge in [0.1, 0.15) is 0 Å². The average molecular weight is 196 g/mol. The molecule has 4 heteroatoms. The number of rotatable bonds is 4. The highest BCUT2D eigenvalue weighted by Gasteiger charge is 2.30. The number of ether oxygens (including phenoxy) is 1. The maximum Gasteiger partial charge on any atom is 0.363 e. The molecule has 77 valence electrons. The van der Waals surface area contributed by atoms with Crippen molar-refractivity contribution in [2.45, 2.75) is 26.7 Å². The standard InChI is InChI=1S/C10H16N2O2/c1-4-6-8-7-9(11-12(8)3)10(13)14-5-2/h7H,4-6H2,1-3H3/q+1. The summed E-state index contributed by atoms with van der Waals surface area (Å²) >= 11 is 0. The van der Waals surface area contributed by atoms with E-state index in [1.54, 1.807) is 17.7 Å². The fourth-order valence-corrected chi connectivity index (χ4v) is 1.30. The lowest BCUT2D eigenvalue weighted by atomic mass is 10.1. The summed E-state index contributed by atoms with van der Waals surface area (Å²) in [4.78, 5) is 11.3. The van der Waals surface area contributed by atoms with Crippen LogP contribution in [0.15, 0.2) is 16.9 Å². The Labute approximate surface area is 84.3 Å². The zero-order chi connectivity index (χ0) is 10.6. The van der Waals surface area contributed by atoms with E-state index in [-0.39, 0.29) is 5.97 Å². The maximum atomic E-state index is 11.3. The third-order valence-electron chi connectivity index (χ3n) is 1.97. The monoisotopic (exact) mass is 196 g/mol. The summed E-state index contributed by atoms with van der Waals surface area (Å²) < 4.78 is 6.59. The minimum absolute atomic E-state index is 0.342. The van der Waals surface area contributed by atoms with Gasteiger partial charge < -0.3 is 4.74 Å². The van der Waals surface area contributed by atoms with Crippen molar-refractivity contribution in [3.63, 3.8) is 0 Å². The summed E-state index contributed by atoms with van der Waals surface area (Å²) in [5, 5.41) is 4.09. The van der Waals surface area contributed by atoms with Gasteiger partial charge in [-0.2, -0.15) is 0 Å². The highest BCUT2D eigenvalue weighted by atomic mass is 16.5. The molecule has 4 nitrogen and oxygen atoms in total. The molecular weight excluding hydrogens is 180 g/mol. The Hall–Kier alpha value is -1.19. The third-order valence-corrected chi connectivity index (χ3v) is 1.97. The molecule has 0 amide bonds. The van der Waals surface area contributed by atoms with Crippen LogP contribution in [0.3, 0.4) is 0 Å². The fraction of sp³-hybridized carbons (Fsp3) is 0.600. The van der Waals surface area contributed by atoms with Gasteiger partial charge in [0.25, 0.3) is 6.04 Å². The first-order valence-electron chi connectivity index (χ1n) is 4.89. The first kappa shape index (κ1) is 10.9. The van der Waals surface area contributed by atoms with Crippen LogP contribution in [0.1, 0.15) is 26.7 Å². The second-order valence-corrected chi connectivity index (χ2v) is 3.11. The zero-order valence-electron chi connectivity index (χ0n) is 8.91. The molecule has 0 fully saturated rings. The SMILES string of the molecule is CCC[C]1C=C(C(=O)OCC)N=[N+]1C. The molecule has 0 aromatic carbocycles. The predicted molar refractivity (Wildman–Crippen MR) is 51.5 cm³/mol. The van der Waals surface area contributed by atoms with E-state index in [1.165, 1.54) is 0 Å². The van der Waals surface area contributed by atoms with Gasteiger partial charge in [0.2, 0.25) is 5.70 Å². The quantitative estimate of drug-likeness (QED) is 0.509. The Morgan fingerprint density at radius 3 is 2.86 bits per heavy atom. The fourth-order valence-electron chi connectivity index (χ4n) is 1.30. The van der Waals surface area contributed by atoms with Crippen LogP contribution in [0, 0.1) is 6.04 Å². The van der Waals surface area contributed by atoms with Crippen LogP contribution in [0.4, 0.5) is 0 Å². The molecular formula is C10H16N2O2+. The van der Waals surface area contributed by atoms with Gasteiger partial charge in [0.15, 0.2) is 7.05 Å². The Morgan fingerprint density at radius 2 is 2.29 bits per heavy atom. The van der Waals surface area contributed by atoms with Crippen molar-refractivity contribution in [2.24, 2.45) is 5.11 Å². The number of nitrogens with zero attached hydrogens (tertiary/aromatic N) is 2. The van der Waals surface area contributed by atoms with Gasteiger partial charge in [0, 0.05) is 17.6 Å². The first-order valence-corrected chi connectivity index (χ1v) is 4.89. The van der Waals surface area contributed by atoms with Crippen LogP contribution in [0.2, 0.25) is 0 Å². The molecule has 0 atom stereocenters. The molecule has 1 rings (SSSR count). The second kappa shape index (κ2) is 4.88. The van der Waals surface area contributed by atoms with Gasteiger partial charge in [-0.25, -0.2) is 4.79 Å². The number of esters is 1. The van der Waals surface area contributed by atoms with Crippen LogP contribution < -0.4 is 0 Å². The molecule has 0 aromatic rings. The molecule has 1 radical (unpaired) electrons. The van der Waals surface area contributed by atoms with Crippen molar-refractivity contribution in [3.05, 3.63) is 17.8 Å². The van der Waals surface area contributed by atoms with Crippen molar-refractivity contribution in [1.82, 2.24) is 0 Å². The first-order chi connectivity index (χ1) is 6.69. The Kier molecular flexibility index (Phi) is 3.80. The lowest BCUT2D eigenvalue weighted by Gasteiger charge is -1.95. The van der Waals surface area contributed by atoms with Gasteiger partial charge in [-0.3, -0.25) is 0 Å². The predicted octanol–water partition coefficient (Wildman–Crippen LogP) is 1.87. The van der Waals surface area contributed by atoms with Gasteiger partial charge in [-0.1, -0.05) is 6.92 Å². The molecule has 1 heterocycles. The van der Waals surface area contributed by atoms with Crippen molar-refractivity contribution >= 4 is 5.97 Å². The van der Waals surface area contributed by atoms with E-state index in [4.69, 9.17) is 4.74 Å². The second-order valence-electron chi connectivity index (χ2n) is 3.11. The summed E-state index contributed by atoms with van der Waals surface area (Å²) in [7, 11) is 1.84. The summed E-state index contributed by atoms with van der Waals surface area (Å²) in [6.07, 6.45) is 3.77. The number of azo groups is 2. The lowest BCUT2D eigenvalue weighted by Crippen LogP contribution is -2.05. The minimum atomic E-state index is -0.342. The molecule has 0 N–H and O–H groups in total. The third kappa shape index (κ3) is 2.40. The highest BCUT2D eigenvalue weighted by molar-refractivity contribution is 5.88. The Morgan fingerprint density at radius 1 is 1.57 bits per heavy atom. The molecule has 0 aromatic heterocycles. The molecule has 0 bridgehead atoms. The van der Waals surface area contributed by atoms with Crippen LogP contribution >= 0.6 is 0 Å². The lowest BCUT2D eigenvalue weighted by molar-refractivity contribution is -0.538. The van der Waals surface area contributed by atoms with Crippen LogP contribution in [0.25, 0.3) is 0 Å². The van der Waals surface area contributed by atoms with Gasteiger partial charge >= 0.3 is 5.97 Å². The molecule has 0 spiro atoms. The number of carbonyl (C=O) groups excluding carboxylic acids is 1. The van der Waals surface area contributed by atoms with E-state index in [0.29, 0.717) is 12.3 Å². The molecule has 0 aliphatic carbocycles. The van der Waals surface area contributed by atoms with E-state index < -0.39 is 0 Å². The summed E-state index contributed by atoms with van der Waals surface area (Å²) in [5.74, 6) is -0.342. The average Bonchev–Trinajstić information content (AvgIpc) is 2.49. The summed E-state index contributed by atoms with van der Waals surface area (Å²) in [6.45, 7) is 4.27. The number of likely N-dealkylation sites (N-methyl/N-ethyl adjacent to an activating group) is 1. The number of carbonyl (C=O) groups is 1. The number of hydrogen-bond acceptors (Lipinski definition) is 3. The Bertz CT molecular complexity index is 282. The van der Waals surface area contributed by atoms with Crippen LogP contribution in [0.5, 0.6) is 0 Å². The van der Waals surface area contributed by atoms with Crippen molar-refractivity contribution in [2.75, 3.05) is 13.7 Å². The van der Waals surface area contributed by atoms with E-state index in [1.807, 2.05) is 7.05 Å². The Balaban J connectivity index is 2.65. The van der Waals surface area contributed by atoms with Gasteiger partial charge in [-0.05, 0) is 13.3 Å². The molecule has 0 saturated carbocycles. The summed E-state index contributed by atoms with van der Waals surface area (Å²) in [5.41, 5.74) is 0.401. The minimum Gasteiger partial charge on any atom is -0.461 e. The molecule has 1 aliphatic rings. The zero-order valence-corrected chi connectivity index (χ0v) is 8.91. The highest BCUT2D eigenvalue weighted by Crippen LogP contribution is 2.22. The maximum absolute atomic E-state index is 11.3. The van der Waals surface area contributed by atoms with Crippen LogP contribution in [-0.4, -0.2) is 24.3 Å². The van der Waals surface area contributed by atoms with E-state index >= 15 is 0 Å². The van der Waals surface area contributed by atoms with E-state index in [0.717, 1.165) is 18.9 Å².